The van der Waals surface area contributed by atoms with Crippen LogP contribution in [-0.4, -0.2) is 16.5 Å². The Morgan fingerprint density at radius 1 is 1.62 bits per heavy atom. The molecule has 0 spiro atoms. The van der Waals surface area contributed by atoms with Crippen molar-refractivity contribution < 1.29 is 4.39 Å². The molecule has 16 heavy (non-hydrogen) atoms. The highest BCUT2D eigenvalue weighted by molar-refractivity contribution is 7.99. The molecule has 1 saturated heterocycles. The lowest BCUT2D eigenvalue weighted by molar-refractivity contribution is 0.309. The van der Waals surface area contributed by atoms with Crippen LogP contribution in [0.15, 0.2) is 12.3 Å². The molecule has 0 saturated carbocycles. The molecule has 0 aromatic carbocycles. The SMILES string of the molecule is CC1CSCCC1(C)c1cc(Cl)cnc1F. The monoisotopic (exact) mass is 259 g/mol. The van der Waals surface area contributed by atoms with E-state index in [2.05, 4.69) is 18.8 Å². The molecular weight excluding hydrogens is 245 g/mol. The van der Waals surface area contributed by atoms with E-state index in [1.54, 1.807) is 6.07 Å². The summed E-state index contributed by atoms with van der Waals surface area (Å²) in [6, 6.07) is 1.73. The van der Waals surface area contributed by atoms with Crippen LogP contribution in [0, 0.1) is 11.9 Å². The fraction of sp³-hybridized carbons (Fsp3) is 0.583. The molecule has 0 radical (unpaired) electrons. The van der Waals surface area contributed by atoms with Crippen LogP contribution in [0.2, 0.25) is 5.02 Å². The molecule has 88 valence electrons. The second-order valence-electron chi connectivity index (χ2n) is 4.64. The van der Waals surface area contributed by atoms with Gasteiger partial charge >= 0.3 is 0 Å². The summed E-state index contributed by atoms with van der Waals surface area (Å²) in [6.07, 6.45) is 2.35. The highest BCUT2D eigenvalue weighted by Gasteiger charge is 2.38. The normalized spacial score (nSPS) is 30.4. The Kier molecular flexibility index (Phi) is 3.45. The van der Waals surface area contributed by atoms with Gasteiger partial charge in [-0.25, -0.2) is 4.98 Å². The van der Waals surface area contributed by atoms with Crippen molar-refractivity contribution >= 4 is 23.4 Å². The minimum absolute atomic E-state index is 0.132. The first-order valence-electron chi connectivity index (χ1n) is 5.43. The maximum atomic E-state index is 13.8. The van der Waals surface area contributed by atoms with Crippen LogP contribution in [0.3, 0.4) is 0 Å². The number of nitrogens with zero attached hydrogens (tertiary/aromatic N) is 1. The quantitative estimate of drug-likeness (QED) is 0.710. The van der Waals surface area contributed by atoms with Crippen molar-refractivity contribution in [2.24, 2.45) is 5.92 Å². The standard InChI is InChI=1S/C12H15ClFNS/c1-8-7-16-4-3-12(8,2)10-5-9(13)6-15-11(10)14/h5-6,8H,3-4,7H2,1-2H3. The Hall–Kier alpha value is -0.280. The number of hydrogen-bond acceptors (Lipinski definition) is 2. The molecule has 1 aromatic rings. The van der Waals surface area contributed by atoms with Crippen molar-refractivity contribution in [2.45, 2.75) is 25.7 Å². The summed E-state index contributed by atoms with van der Waals surface area (Å²) in [5, 5.41) is 0.517. The van der Waals surface area contributed by atoms with Crippen LogP contribution in [0.25, 0.3) is 0 Å². The first-order chi connectivity index (χ1) is 7.54. The number of aromatic nitrogens is 1. The topological polar surface area (TPSA) is 12.9 Å². The Labute approximate surface area is 105 Å². The number of pyridine rings is 1. The summed E-state index contributed by atoms with van der Waals surface area (Å²) in [6.45, 7) is 4.29. The van der Waals surface area contributed by atoms with Crippen LogP contribution < -0.4 is 0 Å². The van der Waals surface area contributed by atoms with E-state index in [1.807, 2.05) is 11.8 Å². The molecular formula is C12H15ClFNS. The number of thioether (sulfide) groups is 1. The Morgan fingerprint density at radius 2 is 2.38 bits per heavy atom. The molecule has 1 aliphatic rings. The molecule has 4 heteroatoms. The van der Waals surface area contributed by atoms with E-state index in [4.69, 9.17) is 11.6 Å². The van der Waals surface area contributed by atoms with E-state index in [0.29, 0.717) is 16.5 Å². The zero-order chi connectivity index (χ0) is 11.8. The average molecular weight is 260 g/mol. The van der Waals surface area contributed by atoms with Crippen LogP contribution in [0.5, 0.6) is 0 Å². The summed E-state index contributed by atoms with van der Waals surface area (Å²) in [5.41, 5.74) is 0.542. The van der Waals surface area contributed by atoms with Gasteiger partial charge in [0.1, 0.15) is 0 Å². The predicted molar refractivity (Wildman–Crippen MR) is 67.7 cm³/mol. The van der Waals surface area contributed by atoms with Gasteiger partial charge in [-0.15, -0.1) is 0 Å². The van der Waals surface area contributed by atoms with Gasteiger partial charge < -0.3 is 0 Å². The molecule has 2 unspecified atom stereocenters. The third-order valence-electron chi connectivity index (χ3n) is 3.64. The Bertz CT molecular complexity index is 399. The lowest BCUT2D eigenvalue weighted by Crippen LogP contribution is -2.37. The number of rotatable bonds is 1. The highest BCUT2D eigenvalue weighted by atomic mass is 35.5. The Balaban J connectivity index is 2.44. The molecule has 2 heterocycles. The lowest BCUT2D eigenvalue weighted by Gasteiger charge is -2.39. The van der Waals surface area contributed by atoms with Gasteiger partial charge in [0.2, 0.25) is 5.95 Å². The summed E-state index contributed by atoms with van der Waals surface area (Å²) < 4.78 is 13.8. The van der Waals surface area contributed by atoms with E-state index in [-0.39, 0.29) is 11.4 Å². The van der Waals surface area contributed by atoms with Crippen molar-refractivity contribution in [3.63, 3.8) is 0 Å². The molecule has 1 aliphatic heterocycles. The molecule has 1 aromatic heterocycles. The van der Waals surface area contributed by atoms with E-state index < -0.39 is 0 Å². The van der Waals surface area contributed by atoms with Gasteiger partial charge in [0.15, 0.2) is 0 Å². The average Bonchev–Trinajstić information content (AvgIpc) is 2.26. The molecule has 1 nitrogen and oxygen atoms in total. The van der Waals surface area contributed by atoms with Gasteiger partial charge in [0.05, 0.1) is 5.02 Å². The minimum atomic E-state index is -0.370. The third-order valence-corrected chi connectivity index (χ3v) is 5.08. The zero-order valence-corrected chi connectivity index (χ0v) is 11.0. The van der Waals surface area contributed by atoms with E-state index in [9.17, 15) is 4.39 Å². The van der Waals surface area contributed by atoms with Crippen LogP contribution in [0.1, 0.15) is 25.8 Å². The predicted octanol–water partition coefficient (Wildman–Crippen LogP) is 3.90. The van der Waals surface area contributed by atoms with E-state index in [1.165, 1.54) is 6.20 Å². The third kappa shape index (κ3) is 2.07. The number of halogens is 2. The molecule has 2 rings (SSSR count). The molecule has 0 N–H and O–H groups in total. The van der Waals surface area contributed by atoms with E-state index >= 15 is 0 Å². The van der Waals surface area contributed by atoms with Crippen LogP contribution >= 0.6 is 23.4 Å². The first-order valence-corrected chi connectivity index (χ1v) is 6.96. The van der Waals surface area contributed by atoms with Crippen molar-refractivity contribution in [1.29, 1.82) is 0 Å². The smallest absolute Gasteiger partial charge is 0.216 e. The van der Waals surface area contributed by atoms with Crippen molar-refractivity contribution in [3.05, 3.63) is 28.8 Å². The minimum Gasteiger partial charge on any atom is -0.227 e. The molecule has 0 bridgehead atoms. The molecule has 0 amide bonds. The van der Waals surface area contributed by atoms with Gasteiger partial charge in [-0.3, -0.25) is 0 Å². The maximum Gasteiger partial charge on any atom is 0.216 e. The highest BCUT2D eigenvalue weighted by Crippen LogP contribution is 2.43. The van der Waals surface area contributed by atoms with Gasteiger partial charge in [-0.1, -0.05) is 25.4 Å². The zero-order valence-electron chi connectivity index (χ0n) is 9.46. The van der Waals surface area contributed by atoms with Crippen LogP contribution in [0.4, 0.5) is 4.39 Å². The van der Waals surface area contributed by atoms with Crippen molar-refractivity contribution in [3.8, 4) is 0 Å². The Morgan fingerprint density at radius 3 is 3.06 bits per heavy atom. The van der Waals surface area contributed by atoms with Crippen molar-refractivity contribution in [2.75, 3.05) is 11.5 Å². The van der Waals surface area contributed by atoms with Gasteiger partial charge in [-0.2, -0.15) is 16.2 Å². The second kappa shape index (κ2) is 4.53. The number of hydrogen-bond donors (Lipinski definition) is 0. The van der Waals surface area contributed by atoms with Crippen molar-refractivity contribution in [1.82, 2.24) is 4.98 Å². The summed E-state index contributed by atoms with van der Waals surface area (Å²) in [5.74, 6) is 2.22. The summed E-state index contributed by atoms with van der Waals surface area (Å²) in [4.78, 5) is 3.73. The van der Waals surface area contributed by atoms with E-state index in [0.717, 1.165) is 17.9 Å². The van der Waals surface area contributed by atoms with Gasteiger partial charge in [0, 0.05) is 17.2 Å². The molecule has 0 aliphatic carbocycles. The fourth-order valence-electron chi connectivity index (χ4n) is 2.20. The fourth-order valence-corrected chi connectivity index (χ4v) is 3.81. The first kappa shape index (κ1) is 12.2. The lowest BCUT2D eigenvalue weighted by atomic mass is 9.71. The summed E-state index contributed by atoms with van der Waals surface area (Å²) >= 11 is 7.85. The largest absolute Gasteiger partial charge is 0.227 e. The van der Waals surface area contributed by atoms with Gasteiger partial charge in [-0.05, 0) is 29.9 Å². The summed E-state index contributed by atoms with van der Waals surface area (Å²) in [7, 11) is 0. The maximum absolute atomic E-state index is 13.8. The second-order valence-corrected chi connectivity index (χ2v) is 6.22. The molecule has 1 fully saturated rings. The van der Waals surface area contributed by atoms with Gasteiger partial charge in [0.25, 0.3) is 0 Å². The van der Waals surface area contributed by atoms with Crippen LogP contribution in [-0.2, 0) is 5.41 Å². The molecule has 2 atom stereocenters.